The summed E-state index contributed by atoms with van der Waals surface area (Å²) in [4.78, 5) is 31.1. The van der Waals surface area contributed by atoms with E-state index in [-0.39, 0.29) is 11.1 Å². The summed E-state index contributed by atoms with van der Waals surface area (Å²) in [5.74, 6) is 1.97. The molecule has 0 N–H and O–H groups in total. The van der Waals surface area contributed by atoms with Crippen molar-refractivity contribution in [1.29, 1.82) is 0 Å². The summed E-state index contributed by atoms with van der Waals surface area (Å²) in [7, 11) is 0. The zero-order chi connectivity index (χ0) is 18.8. The summed E-state index contributed by atoms with van der Waals surface area (Å²) >= 11 is 1.86. The van der Waals surface area contributed by atoms with Gasteiger partial charge in [0.2, 0.25) is 0 Å². The third-order valence-corrected chi connectivity index (χ3v) is 6.44. The van der Waals surface area contributed by atoms with Crippen molar-refractivity contribution in [3.05, 3.63) is 56.1 Å². The molecule has 4 heterocycles. The molecule has 0 aliphatic carbocycles. The maximum absolute atomic E-state index is 12.5. The van der Waals surface area contributed by atoms with Crippen LogP contribution in [0.3, 0.4) is 0 Å². The van der Waals surface area contributed by atoms with Crippen molar-refractivity contribution >= 4 is 11.8 Å². The lowest BCUT2D eigenvalue weighted by atomic mass is 10.2. The van der Waals surface area contributed by atoms with E-state index < -0.39 is 0 Å². The van der Waals surface area contributed by atoms with Crippen LogP contribution in [0.2, 0.25) is 0 Å². The molecule has 144 valence electrons. The Morgan fingerprint density at radius 3 is 2.96 bits per heavy atom. The Kier molecular flexibility index (Phi) is 5.45. The van der Waals surface area contributed by atoms with Gasteiger partial charge in [-0.2, -0.15) is 16.9 Å². The molecule has 1 unspecified atom stereocenters. The number of rotatable bonds is 5. The first kappa shape index (κ1) is 18.4. The van der Waals surface area contributed by atoms with E-state index in [2.05, 4.69) is 15.0 Å². The summed E-state index contributed by atoms with van der Waals surface area (Å²) < 4.78 is 3.31. The largest absolute Gasteiger partial charge is 0.298 e. The molecule has 1 saturated heterocycles. The Hall–Kier alpha value is -1.93. The second-order valence-corrected chi connectivity index (χ2v) is 8.44. The molecule has 7 nitrogen and oxygen atoms in total. The lowest BCUT2D eigenvalue weighted by Gasteiger charge is -2.25. The molecule has 1 fully saturated rings. The number of nitrogens with zero attached hydrogens (tertiary/aromatic N) is 5. The predicted octanol–water partition coefficient (Wildman–Crippen LogP) is 1.06. The van der Waals surface area contributed by atoms with Crippen molar-refractivity contribution in [2.24, 2.45) is 0 Å². The molecule has 0 saturated carbocycles. The SMILES string of the molecule is Cc1cc(=O)n(CCN2CCCC2Cn2nc3c(cc2=O)CSCC3)cn1. The fourth-order valence-corrected chi connectivity index (χ4v) is 4.85. The number of hydrogen-bond acceptors (Lipinski definition) is 6. The van der Waals surface area contributed by atoms with Crippen LogP contribution in [-0.4, -0.2) is 49.1 Å². The highest BCUT2D eigenvalue weighted by Crippen LogP contribution is 2.22. The quantitative estimate of drug-likeness (QED) is 0.764. The third kappa shape index (κ3) is 4.16. The smallest absolute Gasteiger partial charge is 0.267 e. The molecule has 0 amide bonds. The summed E-state index contributed by atoms with van der Waals surface area (Å²) in [6.07, 6.45) is 4.73. The molecule has 2 aromatic rings. The van der Waals surface area contributed by atoms with Gasteiger partial charge in [-0.1, -0.05) is 0 Å². The monoisotopic (exact) mass is 387 g/mol. The molecule has 0 bridgehead atoms. The van der Waals surface area contributed by atoms with E-state index in [4.69, 9.17) is 0 Å². The van der Waals surface area contributed by atoms with E-state index in [9.17, 15) is 9.59 Å². The molecule has 27 heavy (non-hydrogen) atoms. The average Bonchev–Trinajstić information content (AvgIpc) is 3.09. The van der Waals surface area contributed by atoms with Gasteiger partial charge in [-0.25, -0.2) is 9.67 Å². The van der Waals surface area contributed by atoms with E-state index in [0.717, 1.165) is 60.8 Å². The van der Waals surface area contributed by atoms with Crippen LogP contribution in [0.5, 0.6) is 0 Å². The molecule has 2 aliphatic heterocycles. The van der Waals surface area contributed by atoms with Crippen LogP contribution in [0.4, 0.5) is 0 Å². The number of aryl methyl sites for hydroxylation is 2. The van der Waals surface area contributed by atoms with Crippen LogP contribution in [0.15, 0.2) is 28.0 Å². The van der Waals surface area contributed by atoms with Crippen LogP contribution in [0.1, 0.15) is 29.8 Å². The van der Waals surface area contributed by atoms with Gasteiger partial charge in [0.15, 0.2) is 0 Å². The van der Waals surface area contributed by atoms with Gasteiger partial charge in [0, 0.05) is 49.1 Å². The first-order valence-corrected chi connectivity index (χ1v) is 10.7. The lowest BCUT2D eigenvalue weighted by Crippen LogP contribution is -2.40. The van der Waals surface area contributed by atoms with Gasteiger partial charge in [0.05, 0.1) is 18.6 Å². The Morgan fingerprint density at radius 2 is 2.11 bits per heavy atom. The summed E-state index contributed by atoms with van der Waals surface area (Å²) in [5.41, 5.74) is 2.91. The Balaban J connectivity index is 1.44. The van der Waals surface area contributed by atoms with Crippen LogP contribution in [0, 0.1) is 6.92 Å². The number of fused-ring (bicyclic) bond motifs is 1. The van der Waals surface area contributed by atoms with Crippen LogP contribution in [-0.2, 0) is 25.3 Å². The Bertz CT molecular complexity index is 938. The molecule has 0 spiro atoms. The minimum Gasteiger partial charge on any atom is -0.298 e. The van der Waals surface area contributed by atoms with Crippen molar-refractivity contribution < 1.29 is 0 Å². The van der Waals surface area contributed by atoms with Crippen LogP contribution in [0.25, 0.3) is 0 Å². The van der Waals surface area contributed by atoms with E-state index >= 15 is 0 Å². The topological polar surface area (TPSA) is 73.0 Å². The molecule has 0 radical (unpaired) electrons. The highest BCUT2D eigenvalue weighted by atomic mass is 32.2. The van der Waals surface area contributed by atoms with Crippen LogP contribution < -0.4 is 11.1 Å². The van der Waals surface area contributed by atoms with Crippen LogP contribution >= 0.6 is 11.8 Å². The van der Waals surface area contributed by atoms with Gasteiger partial charge in [-0.3, -0.25) is 19.1 Å². The van der Waals surface area contributed by atoms with Gasteiger partial charge in [0.25, 0.3) is 11.1 Å². The van der Waals surface area contributed by atoms with Gasteiger partial charge in [-0.05, 0) is 37.6 Å². The second-order valence-electron chi connectivity index (χ2n) is 7.33. The molecular weight excluding hydrogens is 362 g/mol. The predicted molar refractivity (Wildman–Crippen MR) is 106 cm³/mol. The zero-order valence-corrected chi connectivity index (χ0v) is 16.5. The summed E-state index contributed by atoms with van der Waals surface area (Å²) in [5, 5.41) is 4.65. The third-order valence-electron chi connectivity index (χ3n) is 5.43. The Labute approximate surface area is 162 Å². The maximum Gasteiger partial charge on any atom is 0.267 e. The number of hydrogen-bond donors (Lipinski definition) is 0. The van der Waals surface area contributed by atoms with E-state index in [1.165, 1.54) is 0 Å². The molecular formula is C19H25N5O2S. The molecule has 2 aliphatic rings. The molecule has 0 aromatic carbocycles. The lowest BCUT2D eigenvalue weighted by molar-refractivity contribution is 0.215. The maximum atomic E-state index is 12.5. The highest BCUT2D eigenvalue weighted by molar-refractivity contribution is 7.98. The number of thioether (sulfide) groups is 1. The van der Waals surface area contributed by atoms with Gasteiger partial charge >= 0.3 is 0 Å². The van der Waals surface area contributed by atoms with Gasteiger partial charge in [-0.15, -0.1) is 0 Å². The highest BCUT2D eigenvalue weighted by Gasteiger charge is 2.26. The van der Waals surface area contributed by atoms with Crippen molar-refractivity contribution in [2.75, 3.05) is 18.8 Å². The minimum absolute atomic E-state index is 0.00190. The number of likely N-dealkylation sites (tertiary alicyclic amines) is 1. The zero-order valence-electron chi connectivity index (χ0n) is 15.6. The van der Waals surface area contributed by atoms with Crippen molar-refractivity contribution in [3.8, 4) is 0 Å². The van der Waals surface area contributed by atoms with Crippen molar-refractivity contribution in [1.82, 2.24) is 24.2 Å². The average molecular weight is 388 g/mol. The fraction of sp³-hybridized carbons (Fsp3) is 0.579. The molecule has 2 aromatic heterocycles. The fourth-order valence-electron chi connectivity index (χ4n) is 3.90. The molecule has 4 rings (SSSR count). The second kappa shape index (κ2) is 7.98. The molecule has 1 atom stereocenters. The molecule has 8 heteroatoms. The standard InChI is InChI=1S/C19H25N5O2S/c1-14-9-18(25)23(13-20-14)7-6-22-5-2-3-16(22)11-24-19(26)10-15-12-27-8-4-17(15)21-24/h9-10,13,16H,2-8,11-12H2,1H3. The summed E-state index contributed by atoms with van der Waals surface area (Å²) in [6, 6.07) is 3.63. The van der Waals surface area contributed by atoms with Crippen molar-refractivity contribution in [3.63, 3.8) is 0 Å². The van der Waals surface area contributed by atoms with Crippen molar-refractivity contribution in [2.45, 2.75) is 51.1 Å². The normalized spacial score (nSPS) is 20.0. The minimum atomic E-state index is -0.0105. The summed E-state index contributed by atoms with van der Waals surface area (Å²) in [6.45, 7) is 4.84. The van der Waals surface area contributed by atoms with E-state index in [1.807, 2.05) is 18.7 Å². The first-order valence-electron chi connectivity index (χ1n) is 9.55. The van der Waals surface area contributed by atoms with Gasteiger partial charge in [0.1, 0.15) is 0 Å². The Morgan fingerprint density at radius 1 is 1.22 bits per heavy atom. The van der Waals surface area contributed by atoms with E-state index in [1.54, 1.807) is 27.7 Å². The van der Waals surface area contributed by atoms with E-state index in [0.29, 0.717) is 19.1 Å². The first-order chi connectivity index (χ1) is 13.1. The number of aromatic nitrogens is 4. The van der Waals surface area contributed by atoms with Gasteiger partial charge < -0.3 is 0 Å².